The van der Waals surface area contributed by atoms with Gasteiger partial charge in [0.1, 0.15) is 0 Å². The van der Waals surface area contributed by atoms with Gasteiger partial charge >= 0.3 is 18.1 Å². The van der Waals surface area contributed by atoms with Crippen LogP contribution in [0.2, 0.25) is 0 Å². The minimum Gasteiger partial charge on any atom is -0.478 e. The van der Waals surface area contributed by atoms with Crippen LogP contribution in [-0.4, -0.2) is 51.7 Å². The SMILES string of the molecule is CC(=O)SC[C@H](C)C(=O)OC(CSCC(F)(F)F)C(=O)O. The van der Waals surface area contributed by atoms with Crippen molar-refractivity contribution in [2.45, 2.75) is 26.1 Å². The Morgan fingerprint density at radius 2 is 1.81 bits per heavy atom. The van der Waals surface area contributed by atoms with Gasteiger partial charge in [-0.2, -0.15) is 13.2 Å². The second kappa shape index (κ2) is 9.19. The fourth-order valence-corrected chi connectivity index (χ4v) is 2.40. The first-order valence-corrected chi connectivity index (χ1v) is 7.88. The van der Waals surface area contributed by atoms with Crippen molar-refractivity contribution in [3.05, 3.63) is 0 Å². The maximum Gasteiger partial charge on any atom is 0.397 e. The molecule has 1 unspecified atom stereocenters. The molecule has 0 aromatic rings. The van der Waals surface area contributed by atoms with Crippen LogP contribution < -0.4 is 0 Å². The summed E-state index contributed by atoms with van der Waals surface area (Å²) in [6.45, 7) is 2.76. The summed E-state index contributed by atoms with van der Waals surface area (Å²) < 4.78 is 40.6. The molecule has 0 rings (SSSR count). The van der Waals surface area contributed by atoms with Crippen LogP contribution in [0.15, 0.2) is 0 Å². The van der Waals surface area contributed by atoms with E-state index in [9.17, 15) is 27.6 Å². The highest BCUT2D eigenvalue weighted by Crippen LogP contribution is 2.22. The second-order valence-corrected chi connectivity index (χ2v) is 6.32. The van der Waals surface area contributed by atoms with Crippen molar-refractivity contribution >= 4 is 40.6 Å². The summed E-state index contributed by atoms with van der Waals surface area (Å²) in [4.78, 5) is 33.2. The third-order valence-electron chi connectivity index (χ3n) is 2.01. The second-order valence-electron chi connectivity index (χ2n) is 4.10. The van der Waals surface area contributed by atoms with Crippen molar-refractivity contribution in [3.63, 3.8) is 0 Å². The molecule has 0 aromatic carbocycles. The molecule has 1 N–H and O–H groups in total. The number of carboxylic acid groups (broad SMARTS) is 1. The summed E-state index contributed by atoms with van der Waals surface area (Å²) in [5.74, 6) is -4.69. The van der Waals surface area contributed by atoms with Crippen molar-refractivity contribution in [3.8, 4) is 0 Å². The number of carboxylic acids is 1. The average Bonchev–Trinajstić information content (AvgIpc) is 2.32. The van der Waals surface area contributed by atoms with Crippen molar-refractivity contribution in [2.75, 3.05) is 17.3 Å². The lowest BCUT2D eigenvalue weighted by Gasteiger charge is -2.16. The largest absolute Gasteiger partial charge is 0.478 e. The van der Waals surface area contributed by atoms with Crippen LogP contribution in [0.1, 0.15) is 13.8 Å². The van der Waals surface area contributed by atoms with E-state index in [-0.39, 0.29) is 10.9 Å². The minimum absolute atomic E-state index is 0.121. The molecular weight excluding hydrogens is 333 g/mol. The van der Waals surface area contributed by atoms with E-state index >= 15 is 0 Å². The number of thioether (sulfide) groups is 2. The lowest BCUT2D eigenvalue weighted by atomic mass is 10.2. The molecule has 0 spiro atoms. The van der Waals surface area contributed by atoms with Gasteiger partial charge in [0.05, 0.1) is 11.7 Å². The van der Waals surface area contributed by atoms with Crippen molar-refractivity contribution in [2.24, 2.45) is 5.92 Å². The van der Waals surface area contributed by atoms with Crippen molar-refractivity contribution in [1.29, 1.82) is 0 Å². The van der Waals surface area contributed by atoms with Gasteiger partial charge in [0, 0.05) is 18.4 Å². The molecule has 0 radical (unpaired) electrons. The molecule has 2 atom stereocenters. The fraction of sp³-hybridized carbons (Fsp3) is 0.727. The number of carbonyl (C=O) groups is 3. The van der Waals surface area contributed by atoms with Gasteiger partial charge in [-0.25, -0.2) is 4.79 Å². The van der Waals surface area contributed by atoms with Crippen LogP contribution in [0, 0.1) is 5.92 Å². The predicted octanol–water partition coefficient (Wildman–Crippen LogP) is 2.19. The Balaban J connectivity index is 4.33. The number of alkyl halides is 3. The molecule has 0 aromatic heterocycles. The fourth-order valence-electron chi connectivity index (χ4n) is 1.00. The highest BCUT2D eigenvalue weighted by molar-refractivity contribution is 8.13. The van der Waals surface area contributed by atoms with Crippen LogP contribution in [-0.2, 0) is 19.1 Å². The molecule has 21 heavy (non-hydrogen) atoms. The summed E-state index contributed by atoms with van der Waals surface area (Å²) in [5, 5.41) is 8.62. The van der Waals surface area contributed by atoms with Gasteiger partial charge in [0.25, 0.3) is 0 Å². The van der Waals surface area contributed by atoms with Crippen LogP contribution in [0.4, 0.5) is 13.2 Å². The van der Waals surface area contributed by atoms with Gasteiger partial charge in [0.15, 0.2) is 5.12 Å². The van der Waals surface area contributed by atoms with Gasteiger partial charge in [-0.3, -0.25) is 9.59 Å². The van der Waals surface area contributed by atoms with E-state index in [0.29, 0.717) is 11.8 Å². The van der Waals surface area contributed by atoms with E-state index in [1.165, 1.54) is 13.8 Å². The third-order valence-corrected chi connectivity index (χ3v) is 4.15. The first-order valence-electron chi connectivity index (χ1n) is 5.74. The first kappa shape index (κ1) is 20.1. The Morgan fingerprint density at radius 3 is 2.24 bits per heavy atom. The zero-order valence-corrected chi connectivity index (χ0v) is 12.9. The van der Waals surface area contributed by atoms with E-state index in [2.05, 4.69) is 4.74 Å². The predicted molar refractivity (Wildman–Crippen MR) is 73.2 cm³/mol. The highest BCUT2D eigenvalue weighted by atomic mass is 32.2. The van der Waals surface area contributed by atoms with E-state index in [1.54, 1.807) is 0 Å². The summed E-state index contributed by atoms with van der Waals surface area (Å²) >= 11 is 1.21. The smallest absolute Gasteiger partial charge is 0.397 e. The normalized spacial score (nSPS) is 14.3. The monoisotopic (exact) mass is 348 g/mol. The molecule has 0 bridgehead atoms. The molecule has 0 saturated heterocycles. The molecule has 0 aliphatic carbocycles. The number of esters is 1. The number of hydrogen-bond acceptors (Lipinski definition) is 6. The molecule has 0 aliphatic heterocycles. The summed E-state index contributed by atoms with van der Waals surface area (Å²) in [6.07, 6.45) is -6.06. The van der Waals surface area contributed by atoms with E-state index < -0.39 is 41.6 Å². The maximum absolute atomic E-state index is 12.0. The molecule has 0 aliphatic rings. The summed E-state index contributed by atoms with van der Waals surface area (Å²) in [6, 6.07) is 0. The topological polar surface area (TPSA) is 80.7 Å². The Kier molecular flexibility index (Phi) is 8.79. The van der Waals surface area contributed by atoms with Crippen molar-refractivity contribution < 1.29 is 37.4 Å². The lowest BCUT2D eigenvalue weighted by molar-refractivity contribution is -0.164. The van der Waals surface area contributed by atoms with Gasteiger partial charge in [0.2, 0.25) is 6.10 Å². The van der Waals surface area contributed by atoms with E-state index in [4.69, 9.17) is 5.11 Å². The molecule has 0 saturated carbocycles. The molecule has 0 heterocycles. The van der Waals surface area contributed by atoms with Crippen molar-refractivity contribution in [1.82, 2.24) is 0 Å². The quantitative estimate of drug-likeness (QED) is 0.674. The molecule has 10 heteroatoms. The zero-order chi connectivity index (χ0) is 16.6. The van der Waals surface area contributed by atoms with Crippen LogP contribution in [0.3, 0.4) is 0 Å². The van der Waals surface area contributed by atoms with Gasteiger partial charge in [-0.15, -0.1) is 11.8 Å². The van der Waals surface area contributed by atoms with Gasteiger partial charge in [-0.1, -0.05) is 18.7 Å². The van der Waals surface area contributed by atoms with E-state index in [0.717, 1.165) is 11.8 Å². The summed E-state index contributed by atoms with van der Waals surface area (Å²) in [7, 11) is 0. The molecular formula is C11H15F3O5S2. The maximum atomic E-state index is 12.0. The van der Waals surface area contributed by atoms with E-state index in [1.807, 2.05) is 0 Å². The molecule has 0 amide bonds. The Labute approximate surface area is 128 Å². The molecule has 122 valence electrons. The van der Waals surface area contributed by atoms with Gasteiger partial charge < -0.3 is 9.84 Å². The number of carbonyl (C=O) groups excluding carboxylic acids is 2. The number of halogens is 3. The number of rotatable bonds is 8. The molecule has 5 nitrogen and oxygen atoms in total. The number of aliphatic carboxylic acids is 1. The minimum atomic E-state index is -4.41. The van der Waals surface area contributed by atoms with Gasteiger partial charge in [-0.05, 0) is 0 Å². The van der Waals surface area contributed by atoms with Crippen LogP contribution >= 0.6 is 23.5 Å². The van der Waals surface area contributed by atoms with Crippen LogP contribution in [0.25, 0.3) is 0 Å². The first-order chi connectivity index (χ1) is 9.53. The highest BCUT2D eigenvalue weighted by Gasteiger charge is 2.30. The summed E-state index contributed by atoms with van der Waals surface area (Å²) in [5.41, 5.74) is 0. The third kappa shape index (κ3) is 10.5. The van der Waals surface area contributed by atoms with Crippen LogP contribution in [0.5, 0.6) is 0 Å². The number of ether oxygens (including phenoxy) is 1. The Bertz CT molecular complexity index is 387. The average molecular weight is 348 g/mol. The Morgan fingerprint density at radius 1 is 1.24 bits per heavy atom. The zero-order valence-electron chi connectivity index (χ0n) is 11.3. The Hall–Kier alpha value is -0.900. The standard InChI is InChI=1S/C11H15F3O5S2/c1-6(3-21-7(2)15)10(18)19-8(9(16)17)4-20-5-11(12,13)14/h6,8H,3-5H2,1-2H3,(H,16,17)/t6-,8?/m0/s1. The number of hydrogen-bond donors (Lipinski definition) is 1. The molecule has 0 fully saturated rings. The lowest BCUT2D eigenvalue weighted by Crippen LogP contribution is -2.32.